The molecule has 0 aromatic carbocycles. The Labute approximate surface area is 109 Å². The van der Waals surface area contributed by atoms with Crippen molar-refractivity contribution in [3.8, 4) is 0 Å². The predicted molar refractivity (Wildman–Crippen MR) is 72.1 cm³/mol. The number of allylic oxidation sites excluding steroid dienone is 3. The number of nitrogens with one attached hydrogen (secondary N) is 1. The summed E-state index contributed by atoms with van der Waals surface area (Å²) in [4.78, 5) is 11.9. The molecule has 2 rings (SSSR count). The third-order valence-electron chi connectivity index (χ3n) is 4.32. The summed E-state index contributed by atoms with van der Waals surface area (Å²) in [7, 11) is 1.45. The summed E-state index contributed by atoms with van der Waals surface area (Å²) >= 11 is 0. The summed E-state index contributed by atoms with van der Waals surface area (Å²) in [6.07, 6.45) is 6.66. The molecular weight excluding hydrogens is 226 g/mol. The Morgan fingerprint density at radius 2 is 2.06 bits per heavy atom. The topological polar surface area (TPSA) is 38.3 Å². The predicted octanol–water partition coefficient (Wildman–Crippen LogP) is 2.22. The van der Waals surface area contributed by atoms with Crippen molar-refractivity contribution in [2.75, 3.05) is 20.2 Å². The number of methoxy groups -OCH3 is 1. The van der Waals surface area contributed by atoms with Gasteiger partial charge in [-0.3, -0.25) is 4.79 Å². The lowest BCUT2D eigenvalue weighted by Gasteiger charge is -2.36. The van der Waals surface area contributed by atoms with Crippen LogP contribution in [0.1, 0.15) is 19.3 Å². The number of hydrogen-bond donors (Lipinski definition) is 1. The van der Waals surface area contributed by atoms with Crippen LogP contribution < -0.4 is 5.32 Å². The second-order valence-electron chi connectivity index (χ2n) is 5.09. The van der Waals surface area contributed by atoms with Crippen molar-refractivity contribution in [1.29, 1.82) is 0 Å². The summed E-state index contributed by atoms with van der Waals surface area (Å²) < 4.78 is 4.92. The van der Waals surface area contributed by atoms with Crippen LogP contribution in [0.4, 0.5) is 0 Å². The first kappa shape index (κ1) is 13.1. The zero-order valence-corrected chi connectivity index (χ0v) is 11.0. The maximum absolute atomic E-state index is 11.9. The minimum Gasteiger partial charge on any atom is -0.469 e. The van der Waals surface area contributed by atoms with Gasteiger partial charge in [-0.25, -0.2) is 0 Å². The molecule has 1 spiro atoms. The van der Waals surface area contributed by atoms with Crippen LogP contribution in [0.3, 0.4) is 0 Å². The van der Waals surface area contributed by atoms with Gasteiger partial charge in [0.1, 0.15) is 0 Å². The SMILES string of the molecule is C=CC1=C(C=C)C2(CCNCC2)CC1C(=O)OC. The number of ether oxygens (including phenoxy) is 1. The summed E-state index contributed by atoms with van der Waals surface area (Å²) in [5.41, 5.74) is 2.31. The molecule has 0 aromatic heterocycles. The quantitative estimate of drug-likeness (QED) is 0.777. The molecule has 1 unspecified atom stereocenters. The van der Waals surface area contributed by atoms with Gasteiger partial charge in [0.2, 0.25) is 0 Å². The minimum absolute atomic E-state index is 0.0926. The Morgan fingerprint density at radius 3 is 2.56 bits per heavy atom. The Kier molecular flexibility index (Phi) is 3.71. The number of piperidine rings is 1. The molecule has 1 aliphatic carbocycles. The maximum atomic E-state index is 11.9. The molecule has 2 aliphatic rings. The van der Waals surface area contributed by atoms with Crippen molar-refractivity contribution in [2.24, 2.45) is 11.3 Å². The van der Waals surface area contributed by atoms with Crippen LogP contribution in [0.15, 0.2) is 36.5 Å². The van der Waals surface area contributed by atoms with Gasteiger partial charge in [-0.15, -0.1) is 0 Å². The van der Waals surface area contributed by atoms with Crippen LogP contribution in [0.5, 0.6) is 0 Å². The first-order valence-electron chi connectivity index (χ1n) is 6.46. The number of carbonyl (C=O) groups is 1. The van der Waals surface area contributed by atoms with E-state index in [-0.39, 0.29) is 17.3 Å². The molecule has 0 saturated carbocycles. The van der Waals surface area contributed by atoms with Gasteiger partial charge in [-0.1, -0.05) is 25.3 Å². The maximum Gasteiger partial charge on any atom is 0.313 e. The van der Waals surface area contributed by atoms with Crippen molar-refractivity contribution in [2.45, 2.75) is 19.3 Å². The van der Waals surface area contributed by atoms with Crippen LogP contribution in [0, 0.1) is 11.3 Å². The largest absolute Gasteiger partial charge is 0.469 e. The van der Waals surface area contributed by atoms with Gasteiger partial charge in [-0.2, -0.15) is 0 Å². The highest BCUT2D eigenvalue weighted by molar-refractivity contribution is 5.79. The van der Waals surface area contributed by atoms with Crippen molar-refractivity contribution in [3.05, 3.63) is 36.5 Å². The standard InChI is InChI=1S/C15H21NO2/c1-4-11-12(14(17)18-3)10-15(13(11)5-2)6-8-16-9-7-15/h4-5,12,16H,1-2,6-10H2,3H3. The van der Waals surface area contributed by atoms with Crippen LogP contribution >= 0.6 is 0 Å². The van der Waals surface area contributed by atoms with E-state index >= 15 is 0 Å². The molecule has 1 fully saturated rings. The molecule has 98 valence electrons. The summed E-state index contributed by atoms with van der Waals surface area (Å²) in [6.45, 7) is 9.78. The zero-order chi connectivity index (χ0) is 13.2. The summed E-state index contributed by atoms with van der Waals surface area (Å²) in [5.74, 6) is -0.321. The fourth-order valence-corrected chi connectivity index (χ4v) is 3.42. The smallest absolute Gasteiger partial charge is 0.313 e. The normalized spacial score (nSPS) is 26.2. The molecule has 1 N–H and O–H groups in total. The first-order valence-corrected chi connectivity index (χ1v) is 6.46. The Balaban J connectivity index is 2.40. The number of carbonyl (C=O) groups excluding carboxylic acids is 1. The Morgan fingerprint density at radius 1 is 1.39 bits per heavy atom. The van der Waals surface area contributed by atoms with Crippen LogP contribution in [0.25, 0.3) is 0 Å². The molecule has 1 atom stereocenters. The Bertz CT molecular complexity index is 403. The van der Waals surface area contributed by atoms with E-state index in [1.54, 1.807) is 6.08 Å². The average Bonchev–Trinajstić information content (AvgIpc) is 2.71. The van der Waals surface area contributed by atoms with Crippen molar-refractivity contribution in [1.82, 2.24) is 5.32 Å². The fourth-order valence-electron chi connectivity index (χ4n) is 3.42. The van der Waals surface area contributed by atoms with E-state index in [0.29, 0.717) is 0 Å². The van der Waals surface area contributed by atoms with Crippen LogP contribution in [0.2, 0.25) is 0 Å². The van der Waals surface area contributed by atoms with E-state index in [2.05, 4.69) is 18.5 Å². The van der Waals surface area contributed by atoms with Gasteiger partial charge >= 0.3 is 5.97 Å². The minimum atomic E-state index is -0.168. The van der Waals surface area contributed by atoms with E-state index in [4.69, 9.17) is 4.74 Å². The highest BCUT2D eigenvalue weighted by Crippen LogP contribution is 2.52. The van der Waals surface area contributed by atoms with E-state index in [1.807, 2.05) is 6.08 Å². The number of rotatable bonds is 3. The lowest BCUT2D eigenvalue weighted by Crippen LogP contribution is -2.37. The second-order valence-corrected chi connectivity index (χ2v) is 5.09. The third kappa shape index (κ3) is 1.93. The van der Waals surface area contributed by atoms with Crippen molar-refractivity contribution in [3.63, 3.8) is 0 Å². The zero-order valence-electron chi connectivity index (χ0n) is 11.0. The van der Waals surface area contributed by atoms with Gasteiger partial charge in [0.15, 0.2) is 0 Å². The van der Waals surface area contributed by atoms with E-state index in [0.717, 1.165) is 37.9 Å². The molecule has 0 bridgehead atoms. The molecular formula is C15H21NO2. The molecule has 0 radical (unpaired) electrons. The lowest BCUT2D eigenvalue weighted by molar-refractivity contribution is -0.144. The molecule has 18 heavy (non-hydrogen) atoms. The molecule has 3 heteroatoms. The average molecular weight is 247 g/mol. The van der Waals surface area contributed by atoms with Crippen LogP contribution in [-0.4, -0.2) is 26.2 Å². The van der Waals surface area contributed by atoms with E-state index in [1.165, 1.54) is 12.7 Å². The summed E-state index contributed by atoms with van der Waals surface area (Å²) in [5, 5.41) is 3.37. The van der Waals surface area contributed by atoms with Crippen molar-refractivity contribution < 1.29 is 9.53 Å². The van der Waals surface area contributed by atoms with Gasteiger partial charge < -0.3 is 10.1 Å². The number of esters is 1. The first-order chi connectivity index (χ1) is 8.68. The van der Waals surface area contributed by atoms with Gasteiger partial charge in [0.05, 0.1) is 13.0 Å². The summed E-state index contributed by atoms with van der Waals surface area (Å²) in [6, 6.07) is 0. The second kappa shape index (κ2) is 5.11. The molecule has 1 aliphatic heterocycles. The van der Waals surface area contributed by atoms with Gasteiger partial charge in [0, 0.05) is 0 Å². The Hall–Kier alpha value is -1.35. The fraction of sp³-hybridized carbons (Fsp3) is 0.533. The molecule has 1 saturated heterocycles. The molecule has 1 heterocycles. The van der Waals surface area contributed by atoms with Gasteiger partial charge in [-0.05, 0) is 48.9 Å². The molecule has 0 amide bonds. The van der Waals surface area contributed by atoms with E-state index < -0.39 is 0 Å². The lowest BCUT2D eigenvalue weighted by atomic mass is 9.72. The third-order valence-corrected chi connectivity index (χ3v) is 4.32. The molecule has 3 nitrogen and oxygen atoms in total. The van der Waals surface area contributed by atoms with Crippen molar-refractivity contribution >= 4 is 5.97 Å². The highest BCUT2D eigenvalue weighted by Gasteiger charge is 2.46. The molecule has 0 aromatic rings. The van der Waals surface area contributed by atoms with Gasteiger partial charge in [0.25, 0.3) is 0 Å². The monoisotopic (exact) mass is 247 g/mol. The highest BCUT2D eigenvalue weighted by atomic mass is 16.5. The number of hydrogen-bond acceptors (Lipinski definition) is 3. The van der Waals surface area contributed by atoms with Crippen LogP contribution in [-0.2, 0) is 9.53 Å². The van der Waals surface area contributed by atoms with E-state index in [9.17, 15) is 4.79 Å².